The number of esters is 2. The molecule has 4 heteroatoms. The van der Waals surface area contributed by atoms with Crippen LogP contribution >= 0.6 is 0 Å². The van der Waals surface area contributed by atoms with Crippen LogP contribution in [-0.4, -0.2) is 11.9 Å². The van der Waals surface area contributed by atoms with Crippen molar-refractivity contribution >= 4 is 11.9 Å². The highest BCUT2D eigenvalue weighted by Gasteiger charge is 2.18. The van der Waals surface area contributed by atoms with E-state index in [2.05, 4.69) is 6.92 Å². The molecule has 0 aliphatic heterocycles. The quantitative estimate of drug-likeness (QED) is 0.600. The van der Waals surface area contributed by atoms with Crippen LogP contribution in [0.4, 0.5) is 0 Å². The summed E-state index contributed by atoms with van der Waals surface area (Å²) < 4.78 is 10.6. The molecule has 0 amide bonds. The van der Waals surface area contributed by atoms with Crippen molar-refractivity contribution < 1.29 is 19.1 Å². The molecule has 0 spiro atoms. The van der Waals surface area contributed by atoms with Gasteiger partial charge in [-0.3, -0.25) is 9.59 Å². The Morgan fingerprint density at radius 2 is 2.00 bits per heavy atom. The Morgan fingerprint density at radius 3 is 2.59 bits per heavy atom. The summed E-state index contributed by atoms with van der Waals surface area (Å²) in [6, 6.07) is 13.4. The summed E-state index contributed by atoms with van der Waals surface area (Å²) in [5, 5.41) is 0. The standard InChI is InChI=1S/C18H20O4/c1-12(15-7-4-5-8-15)11-18(22-14(3)20)16-9-6-10-17(16)21-13(2)19/h4-10,12,18H,11H2,1-3H3/q-2/t12-,18-/m1/s1. The second-order valence-corrected chi connectivity index (χ2v) is 5.39. The van der Waals surface area contributed by atoms with Gasteiger partial charge in [0.25, 0.3) is 0 Å². The van der Waals surface area contributed by atoms with Crippen LogP contribution in [0.15, 0.2) is 42.5 Å². The summed E-state index contributed by atoms with van der Waals surface area (Å²) in [6.07, 6.45) is 0.189. The van der Waals surface area contributed by atoms with Crippen LogP contribution in [0.3, 0.4) is 0 Å². The highest BCUT2D eigenvalue weighted by atomic mass is 16.6. The Morgan fingerprint density at radius 1 is 1.23 bits per heavy atom. The van der Waals surface area contributed by atoms with Gasteiger partial charge in [0, 0.05) is 19.6 Å². The first-order chi connectivity index (χ1) is 10.5. The van der Waals surface area contributed by atoms with Gasteiger partial charge in [-0.1, -0.05) is 12.5 Å². The van der Waals surface area contributed by atoms with Crippen molar-refractivity contribution in [2.75, 3.05) is 0 Å². The van der Waals surface area contributed by atoms with Crippen LogP contribution in [0.2, 0.25) is 0 Å². The van der Waals surface area contributed by atoms with Gasteiger partial charge in [0.05, 0.1) is 6.10 Å². The van der Waals surface area contributed by atoms with E-state index in [0.29, 0.717) is 12.2 Å². The highest BCUT2D eigenvalue weighted by Crippen LogP contribution is 2.36. The molecular formula is C18H20O4-2. The third kappa shape index (κ3) is 4.07. The van der Waals surface area contributed by atoms with Gasteiger partial charge in [-0.2, -0.15) is 29.8 Å². The zero-order valence-electron chi connectivity index (χ0n) is 13.0. The number of carbonyl (C=O) groups is 2. The summed E-state index contributed by atoms with van der Waals surface area (Å²) in [5.41, 5.74) is 1.92. The molecular weight excluding hydrogens is 280 g/mol. The predicted octanol–water partition coefficient (Wildman–Crippen LogP) is 3.85. The predicted molar refractivity (Wildman–Crippen MR) is 82.9 cm³/mol. The van der Waals surface area contributed by atoms with E-state index in [1.54, 1.807) is 12.1 Å². The Balaban J connectivity index is 2.20. The first kappa shape index (κ1) is 16.0. The SMILES string of the molecule is CC(=O)Oc1ccc[c-]1[C@@H](C[C@@H](C)c1ccc[cH-]1)OC(C)=O. The maximum Gasteiger partial charge on any atom is 0.305 e. The zero-order valence-corrected chi connectivity index (χ0v) is 13.0. The molecule has 4 nitrogen and oxygen atoms in total. The zero-order chi connectivity index (χ0) is 16.1. The molecule has 2 aromatic rings. The second kappa shape index (κ2) is 7.07. The molecule has 0 fully saturated rings. The lowest BCUT2D eigenvalue weighted by Gasteiger charge is -2.26. The van der Waals surface area contributed by atoms with E-state index < -0.39 is 12.1 Å². The van der Waals surface area contributed by atoms with E-state index in [-0.39, 0.29) is 11.9 Å². The molecule has 2 rings (SSSR count). The van der Waals surface area contributed by atoms with Gasteiger partial charge in [0.2, 0.25) is 0 Å². The molecule has 0 unspecified atom stereocenters. The molecule has 0 aliphatic rings. The molecule has 0 heterocycles. The van der Waals surface area contributed by atoms with Crippen LogP contribution < -0.4 is 4.74 Å². The van der Waals surface area contributed by atoms with E-state index >= 15 is 0 Å². The largest absolute Gasteiger partial charge is 0.470 e. The normalized spacial score (nSPS) is 13.4. The minimum atomic E-state index is -0.438. The lowest BCUT2D eigenvalue weighted by Crippen LogP contribution is -2.13. The fourth-order valence-corrected chi connectivity index (χ4v) is 2.54. The maximum absolute atomic E-state index is 11.4. The Bertz CT molecular complexity index is 621. The van der Waals surface area contributed by atoms with Gasteiger partial charge in [0.15, 0.2) is 0 Å². The third-order valence-corrected chi connectivity index (χ3v) is 3.54. The Hall–Kier alpha value is -2.36. The van der Waals surface area contributed by atoms with Crippen LogP contribution in [0.1, 0.15) is 50.3 Å². The summed E-state index contributed by atoms with van der Waals surface area (Å²) >= 11 is 0. The average molecular weight is 300 g/mol. The summed E-state index contributed by atoms with van der Waals surface area (Å²) in [5.74, 6) is -0.0688. The fraction of sp³-hybridized carbons (Fsp3) is 0.333. The van der Waals surface area contributed by atoms with Crippen molar-refractivity contribution in [1.82, 2.24) is 0 Å². The average Bonchev–Trinajstić information content (AvgIpc) is 3.07. The molecule has 0 radical (unpaired) electrons. The van der Waals surface area contributed by atoms with Crippen molar-refractivity contribution in [3.8, 4) is 5.75 Å². The molecule has 0 saturated heterocycles. The number of carbonyl (C=O) groups excluding carboxylic acids is 2. The third-order valence-electron chi connectivity index (χ3n) is 3.54. The fourth-order valence-electron chi connectivity index (χ4n) is 2.54. The molecule has 0 saturated carbocycles. The van der Waals surface area contributed by atoms with Crippen molar-refractivity contribution in [3.63, 3.8) is 0 Å². The van der Waals surface area contributed by atoms with E-state index in [1.807, 2.05) is 30.3 Å². The van der Waals surface area contributed by atoms with Crippen LogP contribution in [0.25, 0.3) is 0 Å². The van der Waals surface area contributed by atoms with Crippen molar-refractivity contribution in [1.29, 1.82) is 0 Å². The van der Waals surface area contributed by atoms with Crippen LogP contribution in [0, 0.1) is 0 Å². The number of rotatable bonds is 6. The Labute approximate surface area is 130 Å². The lowest BCUT2D eigenvalue weighted by molar-refractivity contribution is -0.147. The molecule has 0 N–H and O–H groups in total. The van der Waals surface area contributed by atoms with E-state index in [4.69, 9.17) is 9.47 Å². The van der Waals surface area contributed by atoms with E-state index in [0.717, 1.165) is 5.56 Å². The summed E-state index contributed by atoms with van der Waals surface area (Å²) in [7, 11) is 0. The molecule has 0 bridgehead atoms. The van der Waals surface area contributed by atoms with Gasteiger partial charge < -0.3 is 9.47 Å². The maximum atomic E-state index is 11.4. The smallest absolute Gasteiger partial charge is 0.305 e. The first-order valence-electron chi connectivity index (χ1n) is 7.30. The van der Waals surface area contributed by atoms with Gasteiger partial charge in [-0.05, 0) is 12.3 Å². The van der Waals surface area contributed by atoms with Crippen molar-refractivity contribution in [3.05, 3.63) is 53.6 Å². The molecule has 0 aromatic heterocycles. The number of hydrogen-bond acceptors (Lipinski definition) is 4. The first-order valence-corrected chi connectivity index (χ1v) is 7.30. The number of hydrogen-bond donors (Lipinski definition) is 0. The minimum absolute atomic E-state index is 0.222. The summed E-state index contributed by atoms with van der Waals surface area (Å²) in [4.78, 5) is 22.6. The molecule has 2 atom stereocenters. The monoisotopic (exact) mass is 300 g/mol. The molecule has 0 aliphatic carbocycles. The number of ether oxygens (including phenoxy) is 2. The topological polar surface area (TPSA) is 52.6 Å². The van der Waals surface area contributed by atoms with Gasteiger partial charge in [-0.15, -0.1) is 0 Å². The van der Waals surface area contributed by atoms with Crippen LogP contribution in [0.5, 0.6) is 5.75 Å². The highest BCUT2D eigenvalue weighted by molar-refractivity contribution is 5.70. The summed E-state index contributed by atoms with van der Waals surface area (Å²) in [6.45, 7) is 4.82. The van der Waals surface area contributed by atoms with Crippen molar-refractivity contribution in [2.24, 2.45) is 0 Å². The molecule has 22 heavy (non-hydrogen) atoms. The molecule has 2 aromatic carbocycles. The van der Waals surface area contributed by atoms with Crippen LogP contribution in [-0.2, 0) is 14.3 Å². The van der Waals surface area contributed by atoms with E-state index in [9.17, 15) is 9.59 Å². The van der Waals surface area contributed by atoms with Crippen molar-refractivity contribution in [2.45, 2.75) is 39.2 Å². The van der Waals surface area contributed by atoms with Gasteiger partial charge in [-0.25, -0.2) is 18.2 Å². The second-order valence-electron chi connectivity index (χ2n) is 5.39. The Kier molecular flexibility index (Phi) is 5.15. The van der Waals surface area contributed by atoms with Gasteiger partial charge in [0.1, 0.15) is 0 Å². The molecule has 118 valence electrons. The van der Waals surface area contributed by atoms with Gasteiger partial charge >= 0.3 is 11.9 Å². The van der Waals surface area contributed by atoms with E-state index in [1.165, 1.54) is 19.4 Å². The minimum Gasteiger partial charge on any atom is -0.470 e. The lowest BCUT2D eigenvalue weighted by atomic mass is 9.94.